The molecule has 1 heterocycles. The minimum absolute atomic E-state index is 0.0265. The van der Waals surface area contributed by atoms with Gasteiger partial charge in [-0.3, -0.25) is 0 Å². The van der Waals surface area contributed by atoms with Crippen molar-refractivity contribution in [3.8, 4) is 0 Å². The molecule has 1 aromatic heterocycles. The second kappa shape index (κ2) is 5.31. The highest BCUT2D eigenvalue weighted by Crippen LogP contribution is 2.21. The van der Waals surface area contributed by atoms with E-state index in [1.54, 1.807) is 12.3 Å². The average molecular weight is 251 g/mol. The van der Waals surface area contributed by atoms with Crippen LogP contribution in [-0.2, 0) is 0 Å². The molecule has 0 spiro atoms. The smallest absolute Gasteiger partial charge is 0.126 e. The van der Waals surface area contributed by atoms with Crippen LogP contribution in [0.15, 0.2) is 41.0 Å². The van der Waals surface area contributed by atoms with E-state index < -0.39 is 11.6 Å². The van der Waals surface area contributed by atoms with Crippen LogP contribution >= 0.6 is 0 Å². The Kier molecular flexibility index (Phi) is 3.77. The molecule has 4 heteroatoms. The van der Waals surface area contributed by atoms with Crippen LogP contribution in [-0.4, -0.2) is 0 Å². The van der Waals surface area contributed by atoms with Crippen LogP contribution in [0.2, 0.25) is 0 Å². The zero-order valence-corrected chi connectivity index (χ0v) is 10.3. The van der Waals surface area contributed by atoms with E-state index in [0.717, 1.165) is 11.8 Å². The van der Waals surface area contributed by atoms with Gasteiger partial charge in [0.15, 0.2) is 0 Å². The second-order valence-electron chi connectivity index (χ2n) is 4.33. The molecule has 0 amide bonds. The molecule has 0 aliphatic rings. The van der Waals surface area contributed by atoms with E-state index >= 15 is 0 Å². The molecule has 1 N–H and O–H groups in total. The van der Waals surface area contributed by atoms with Crippen molar-refractivity contribution >= 4 is 0 Å². The number of furan rings is 1. The van der Waals surface area contributed by atoms with Crippen LogP contribution in [0.25, 0.3) is 0 Å². The van der Waals surface area contributed by atoms with Gasteiger partial charge in [0.25, 0.3) is 0 Å². The van der Waals surface area contributed by atoms with Crippen LogP contribution in [0.4, 0.5) is 8.78 Å². The Morgan fingerprint density at radius 3 is 2.28 bits per heavy atom. The molecule has 2 nitrogen and oxygen atoms in total. The van der Waals surface area contributed by atoms with Crippen LogP contribution in [0, 0.1) is 11.6 Å². The van der Waals surface area contributed by atoms with Crippen LogP contribution in [0.5, 0.6) is 0 Å². The van der Waals surface area contributed by atoms with Gasteiger partial charge in [-0.25, -0.2) is 8.78 Å². The lowest BCUT2D eigenvalue weighted by atomic mass is 10.1. The van der Waals surface area contributed by atoms with Crippen molar-refractivity contribution in [3.05, 3.63) is 59.6 Å². The standard InChI is InChI=1S/C14H15F2NO/c1-9(11-6-12(15)8-13(16)7-11)17-10(2)14-4-3-5-18-14/h3-10,17H,1-2H3/t9?,10-/m1/s1. The van der Waals surface area contributed by atoms with E-state index in [0.29, 0.717) is 5.56 Å². The molecule has 0 saturated carbocycles. The molecule has 18 heavy (non-hydrogen) atoms. The molecule has 2 rings (SSSR count). The third-order valence-corrected chi connectivity index (χ3v) is 2.85. The van der Waals surface area contributed by atoms with Gasteiger partial charge >= 0.3 is 0 Å². The highest BCUT2D eigenvalue weighted by Gasteiger charge is 2.14. The molecule has 0 aliphatic carbocycles. The van der Waals surface area contributed by atoms with Gasteiger partial charge < -0.3 is 9.73 Å². The van der Waals surface area contributed by atoms with Crippen LogP contribution < -0.4 is 5.32 Å². The fraction of sp³-hybridized carbons (Fsp3) is 0.286. The molecule has 0 bridgehead atoms. The minimum Gasteiger partial charge on any atom is -0.468 e. The Labute approximate surface area is 105 Å². The Balaban J connectivity index is 2.09. The minimum atomic E-state index is -0.565. The highest BCUT2D eigenvalue weighted by atomic mass is 19.1. The lowest BCUT2D eigenvalue weighted by Crippen LogP contribution is -2.22. The third-order valence-electron chi connectivity index (χ3n) is 2.85. The normalized spacial score (nSPS) is 14.4. The maximum atomic E-state index is 13.1. The predicted molar refractivity (Wildman–Crippen MR) is 65.0 cm³/mol. The van der Waals surface area contributed by atoms with Gasteiger partial charge in [-0.15, -0.1) is 0 Å². The van der Waals surface area contributed by atoms with Crippen molar-refractivity contribution in [3.63, 3.8) is 0 Å². The second-order valence-corrected chi connectivity index (χ2v) is 4.33. The summed E-state index contributed by atoms with van der Waals surface area (Å²) in [4.78, 5) is 0. The summed E-state index contributed by atoms with van der Waals surface area (Å²) in [6.07, 6.45) is 1.60. The number of benzene rings is 1. The van der Waals surface area contributed by atoms with E-state index in [9.17, 15) is 8.78 Å². The quantitative estimate of drug-likeness (QED) is 0.889. The molecule has 1 aromatic carbocycles. The topological polar surface area (TPSA) is 25.2 Å². The van der Waals surface area contributed by atoms with Gasteiger partial charge in [-0.1, -0.05) is 0 Å². The summed E-state index contributed by atoms with van der Waals surface area (Å²) in [5.74, 6) is -0.340. The van der Waals surface area contributed by atoms with Gasteiger partial charge in [0.2, 0.25) is 0 Å². The Morgan fingerprint density at radius 2 is 1.72 bits per heavy atom. The summed E-state index contributed by atoms with van der Waals surface area (Å²) < 4.78 is 31.5. The largest absolute Gasteiger partial charge is 0.468 e. The maximum Gasteiger partial charge on any atom is 0.126 e. The summed E-state index contributed by atoms with van der Waals surface area (Å²) in [7, 11) is 0. The van der Waals surface area contributed by atoms with Gasteiger partial charge in [-0.2, -0.15) is 0 Å². The lowest BCUT2D eigenvalue weighted by Gasteiger charge is -2.19. The molecular formula is C14H15F2NO. The first-order chi connectivity index (χ1) is 8.56. The summed E-state index contributed by atoms with van der Waals surface area (Å²) >= 11 is 0. The molecule has 2 atom stereocenters. The molecule has 0 saturated heterocycles. The van der Waals surface area contributed by atoms with Gasteiger partial charge in [0, 0.05) is 12.1 Å². The Bertz CT molecular complexity index is 490. The first kappa shape index (κ1) is 12.8. The Morgan fingerprint density at radius 1 is 1.06 bits per heavy atom. The molecule has 0 radical (unpaired) electrons. The SMILES string of the molecule is CC(N[C@H](C)c1ccco1)c1cc(F)cc(F)c1. The number of rotatable bonds is 4. The van der Waals surface area contributed by atoms with Crippen molar-refractivity contribution in [2.24, 2.45) is 0 Å². The third kappa shape index (κ3) is 2.96. The van der Waals surface area contributed by atoms with Gasteiger partial charge in [-0.05, 0) is 43.7 Å². The molecule has 1 unspecified atom stereocenters. The molecule has 96 valence electrons. The predicted octanol–water partition coefficient (Wildman–Crippen LogP) is 3.97. The fourth-order valence-electron chi connectivity index (χ4n) is 1.92. The molecule has 0 fully saturated rings. The van der Waals surface area contributed by atoms with Crippen molar-refractivity contribution in [2.45, 2.75) is 25.9 Å². The Hall–Kier alpha value is -1.68. The monoisotopic (exact) mass is 251 g/mol. The van der Waals surface area contributed by atoms with E-state index in [1.165, 1.54) is 12.1 Å². The van der Waals surface area contributed by atoms with Crippen molar-refractivity contribution in [2.75, 3.05) is 0 Å². The summed E-state index contributed by atoms with van der Waals surface area (Å²) in [5.41, 5.74) is 0.575. The number of nitrogens with one attached hydrogen (secondary N) is 1. The first-order valence-electron chi connectivity index (χ1n) is 5.81. The summed E-state index contributed by atoms with van der Waals surface area (Å²) in [6, 6.07) is 6.99. The maximum absolute atomic E-state index is 13.1. The van der Waals surface area contributed by atoms with Crippen molar-refractivity contribution < 1.29 is 13.2 Å². The number of halogens is 2. The van der Waals surface area contributed by atoms with Crippen molar-refractivity contribution in [1.29, 1.82) is 0 Å². The van der Waals surface area contributed by atoms with Gasteiger partial charge in [0.1, 0.15) is 17.4 Å². The van der Waals surface area contributed by atoms with E-state index in [-0.39, 0.29) is 12.1 Å². The summed E-state index contributed by atoms with van der Waals surface area (Å²) in [6.45, 7) is 3.79. The molecular weight excluding hydrogens is 236 g/mol. The highest BCUT2D eigenvalue weighted by molar-refractivity contribution is 5.21. The summed E-state index contributed by atoms with van der Waals surface area (Å²) in [5, 5.41) is 3.23. The number of hydrogen-bond donors (Lipinski definition) is 1. The molecule has 2 aromatic rings. The first-order valence-corrected chi connectivity index (χ1v) is 5.81. The van der Waals surface area contributed by atoms with E-state index in [1.807, 2.05) is 19.9 Å². The average Bonchev–Trinajstić information content (AvgIpc) is 2.80. The number of hydrogen-bond acceptors (Lipinski definition) is 2. The van der Waals surface area contributed by atoms with Crippen LogP contribution in [0.3, 0.4) is 0 Å². The van der Waals surface area contributed by atoms with E-state index in [2.05, 4.69) is 5.32 Å². The van der Waals surface area contributed by atoms with E-state index in [4.69, 9.17) is 4.42 Å². The zero-order valence-electron chi connectivity index (χ0n) is 10.3. The van der Waals surface area contributed by atoms with Crippen molar-refractivity contribution in [1.82, 2.24) is 5.32 Å². The lowest BCUT2D eigenvalue weighted by molar-refractivity contribution is 0.401. The zero-order chi connectivity index (χ0) is 13.1. The fourth-order valence-corrected chi connectivity index (χ4v) is 1.92. The van der Waals surface area contributed by atoms with Gasteiger partial charge in [0.05, 0.1) is 12.3 Å². The molecule has 0 aliphatic heterocycles. The van der Waals surface area contributed by atoms with Crippen LogP contribution in [0.1, 0.15) is 37.3 Å².